The molecule has 0 N–H and O–H groups in total. The van der Waals surface area contributed by atoms with Crippen LogP contribution in [0.3, 0.4) is 0 Å². The molecule has 2 heterocycles. The molecule has 5 rings (SSSR count). The van der Waals surface area contributed by atoms with E-state index in [-0.39, 0.29) is 23.8 Å². The molecule has 1 aliphatic carbocycles. The van der Waals surface area contributed by atoms with Gasteiger partial charge in [-0.05, 0) is 23.3 Å². The molecule has 3 aliphatic rings. The zero-order valence-electron chi connectivity index (χ0n) is 11.6. The fourth-order valence-electron chi connectivity index (χ4n) is 4.16. The van der Waals surface area contributed by atoms with Crippen LogP contribution in [-0.4, -0.2) is 11.9 Å². The van der Waals surface area contributed by atoms with Crippen LogP contribution in [-0.2, 0) is 9.59 Å². The first kappa shape index (κ1) is 12.0. The zero-order valence-corrected chi connectivity index (χ0v) is 11.6. The van der Waals surface area contributed by atoms with Crippen molar-refractivity contribution in [3.05, 3.63) is 59.7 Å². The Hall–Kier alpha value is -2.62. The van der Waals surface area contributed by atoms with Crippen molar-refractivity contribution in [1.82, 2.24) is 0 Å². The van der Waals surface area contributed by atoms with Crippen molar-refractivity contribution >= 4 is 11.9 Å². The summed E-state index contributed by atoms with van der Waals surface area (Å²) in [4.78, 5) is 24.6. The van der Waals surface area contributed by atoms with Crippen LogP contribution in [0.2, 0.25) is 0 Å². The van der Waals surface area contributed by atoms with Gasteiger partial charge in [-0.3, -0.25) is 9.59 Å². The van der Waals surface area contributed by atoms with Crippen molar-refractivity contribution in [3.63, 3.8) is 0 Å². The van der Waals surface area contributed by atoms with E-state index in [9.17, 15) is 9.59 Å². The molecule has 0 bridgehead atoms. The summed E-state index contributed by atoms with van der Waals surface area (Å²) < 4.78 is 10.8. The molecule has 2 aromatic carbocycles. The Balaban J connectivity index is 1.71. The lowest BCUT2D eigenvalue weighted by molar-refractivity contribution is -0.165. The van der Waals surface area contributed by atoms with Crippen molar-refractivity contribution in [2.75, 3.05) is 0 Å². The number of hydrogen-bond acceptors (Lipinski definition) is 4. The number of esters is 2. The van der Waals surface area contributed by atoms with Gasteiger partial charge in [-0.15, -0.1) is 0 Å². The van der Waals surface area contributed by atoms with Gasteiger partial charge in [-0.25, -0.2) is 0 Å². The lowest BCUT2D eigenvalue weighted by Crippen LogP contribution is -2.57. The molecule has 1 saturated carbocycles. The van der Waals surface area contributed by atoms with Gasteiger partial charge in [0.25, 0.3) is 0 Å². The molecule has 4 heteroatoms. The van der Waals surface area contributed by atoms with Gasteiger partial charge in [0.1, 0.15) is 11.5 Å². The average Bonchev–Trinajstić information content (AvgIpc) is 2.49. The molecule has 0 radical (unpaired) electrons. The highest BCUT2D eigenvalue weighted by Crippen LogP contribution is 2.64. The van der Waals surface area contributed by atoms with E-state index in [1.807, 2.05) is 48.5 Å². The monoisotopic (exact) mass is 292 g/mol. The summed E-state index contributed by atoms with van der Waals surface area (Å²) in [6.07, 6.45) is 0. The minimum Gasteiger partial charge on any atom is -0.426 e. The molecule has 1 fully saturated rings. The second kappa shape index (κ2) is 3.97. The molecule has 0 unspecified atom stereocenters. The topological polar surface area (TPSA) is 52.6 Å². The van der Waals surface area contributed by atoms with Gasteiger partial charge in [-0.1, -0.05) is 36.4 Å². The minimum atomic E-state index is -0.430. The van der Waals surface area contributed by atoms with Gasteiger partial charge >= 0.3 is 11.9 Å². The SMILES string of the molecule is O=C1Oc2ccccc2[C@@H]2[C@H]1[C@@H]1C(=O)Oc3ccccc3[C@H]12. The van der Waals surface area contributed by atoms with E-state index in [2.05, 4.69) is 0 Å². The van der Waals surface area contributed by atoms with Crippen LogP contribution >= 0.6 is 0 Å². The number of hydrogen-bond donors (Lipinski definition) is 0. The van der Waals surface area contributed by atoms with Crippen LogP contribution in [0.1, 0.15) is 23.0 Å². The number of carbonyl (C=O) groups excluding carboxylic acids is 2. The molecule has 108 valence electrons. The van der Waals surface area contributed by atoms with E-state index in [1.54, 1.807) is 0 Å². The fraction of sp³-hybridized carbons (Fsp3) is 0.222. The average molecular weight is 292 g/mol. The Morgan fingerprint density at radius 2 is 1.00 bits per heavy atom. The Morgan fingerprint density at radius 1 is 0.591 bits per heavy atom. The van der Waals surface area contributed by atoms with E-state index in [4.69, 9.17) is 9.47 Å². The summed E-state index contributed by atoms with van der Waals surface area (Å²) in [5.74, 6) is -0.274. The summed E-state index contributed by atoms with van der Waals surface area (Å²) in [5, 5.41) is 0. The first-order valence-electron chi connectivity index (χ1n) is 7.37. The van der Waals surface area contributed by atoms with Gasteiger partial charge in [0, 0.05) is 11.8 Å². The molecular weight excluding hydrogens is 280 g/mol. The number of benzene rings is 2. The van der Waals surface area contributed by atoms with Crippen LogP contribution < -0.4 is 9.47 Å². The molecule has 0 saturated heterocycles. The summed E-state index contributed by atoms with van der Waals surface area (Å²) in [6, 6.07) is 15.2. The predicted molar refractivity (Wildman–Crippen MR) is 76.6 cm³/mol. The maximum atomic E-state index is 12.3. The lowest BCUT2D eigenvalue weighted by Gasteiger charge is -2.53. The quantitative estimate of drug-likeness (QED) is 0.553. The molecular formula is C18H12O4. The Kier molecular flexibility index (Phi) is 2.16. The second-order valence-corrected chi connectivity index (χ2v) is 6.02. The minimum absolute atomic E-state index is 0.00329. The molecule has 2 aliphatic heterocycles. The number of carbonyl (C=O) groups is 2. The first-order valence-corrected chi connectivity index (χ1v) is 7.37. The Morgan fingerprint density at radius 3 is 1.45 bits per heavy atom. The van der Waals surface area contributed by atoms with Gasteiger partial charge in [-0.2, -0.15) is 0 Å². The maximum absolute atomic E-state index is 12.3. The number of para-hydroxylation sites is 2. The van der Waals surface area contributed by atoms with E-state index < -0.39 is 11.8 Å². The first-order chi connectivity index (χ1) is 10.8. The van der Waals surface area contributed by atoms with Crippen LogP contribution in [0, 0.1) is 11.8 Å². The molecule has 22 heavy (non-hydrogen) atoms. The smallest absolute Gasteiger partial charge is 0.315 e. The number of ether oxygens (including phenoxy) is 2. The maximum Gasteiger partial charge on any atom is 0.315 e. The molecule has 0 aromatic heterocycles. The van der Waals surface area contributed by atoms with Crippen LogP contribution in [0.4, 0.5) is 0 Å². The number of fused-ring (bicyclic) bond motifs is 8. The summed E-state index contributed by atoms with van der Waals surface area (Å²) in [7, 11) is 0. The Labute approximate surface area is 126 Å². The number of rotatable bonds is 0. The van der Waals surface area contributed by atoms with Crippen LogP contribution in [0.15, 0.2) is 48.5 Å². The third-order valence-corrected chi connectivity index (χ3v) is 5.07. The lowest BCUT2D eigenvalue weighted by atomic mass is 9.51. The Bertz CT molecular complexity index is 756. The van der Waals surface area contributed by atoms with Gasteiger partial charge in [0.2, 0.25) is 0 Å². The third-order valence-electron chi connectivity index (χ3n) is 5.07. The highest BCUT2D eigenvalue weighted by Gasteiger charge is 2.64. The summed E-state index contributed by atoms with van der Waals surface area (Å²) in [5.41, 5.74) is 2.02. The molecule has 4 nitrogen and oxygen atoms in total. The predicted octanol–water partition coefficient (Wildman–Crippen LogP) is 2.64. The van der Waals surface area contributed by atoms with E-state index in [0.29, 0.717) is 11.5 Å². The molecule has 4 atom stereocenters. The third kappa shape index (κ3) is 1.32. The molecule has 0 amide bonds. The van der Waals surface area contributed by atoms with Crippen molar-refractivity contribution in [1.29, 1.82) is 0 Å². The van der Waals surface area contributed by atoms with Crippen molar-refractivity contribution in [2.45, 2.75) is 11.8 Å². The fourth-order valence-corrected chi connectivity index (χ4v) is 4.16. The zero-order chi connectivity index (χ0) is 14.8. The highest BCUT2D eigenvalue weighted by molar-refractivity contribution is 5.92. The van der Waals surface area contributed by atoms with E-state index in [1.165, 1.54) is 0 Å². The molecule has 0 spiro atoms. The van der Waals surface area contributed by atoms with Crippen molar-refractivity contribution in [2.24, 2.45) is 11.8 Å². The summed E-state index contributed by atoms with van der Waals surface area (Å²) in [6.45, 7) is 0. The van der Waals surface area contributed by atoms with E-state index in [0.717, 1.165) is 11.1 Å². The summed E-state index contributed by atoms with van der Waals surface area (Å²) >= 11 is 0. The second-order valence-electron chi connectivity index (χ2n) is 6.02. The van der Waals surface area contributed by atoms with Gasteiger partial charge < -0.3 is 9.47 Å². The van der Waals surface area contributed by atoms with Crippen molar-refractivity contribution < 1.29 is 19.1 Å². The van der Waals surface area contributed by atoms with Crippen molar-refractivity contribution in [3.8, 4) is 11.5 Å². The van der Waals surface area contributed by atoms with Crippen LogP contribution in [0.25, 0.3) is 0 Å². The highest BCUT2D eigenvalue weighted by atomic mass is 16.5. The standard InChI is InChI=1S/C18H12O4/c19-17-15-13(9-5-1-3-7-11(9)21-17)14-10-6-2-4-8-12(10)22-18(20)16(14)15/h1-8,13-16H/t13-,14-,15-,16+/m0/s1. The van der Waals surface area contributed by atoms with Crippen LogP contribution in [0.5, 0.6) is 11.5 Å². The van der Waals surface area contributed by atoms with Gasteiger partial charge in [0.05, 0.1) is 11.8 Å². The molecule has 2 aromatic rings. The largest absolute Gasteiger partial charge is 0.426 e. The van der Waals surface area contributed by atoms with E-state index >= 15 is 0 Å². The normalized spacial score (nSPS) is 30.7. The van der Waals surface area contributed by atoms with Gasteiger partial charge in [0.15, 0.2) is 0 Å².